The summed E-state index contributed by atoms with van der Waals surface area (Å²) in [7, 11) is 6.21. The second kappa shape index (κ2) is 12.1. The van der Waals surface area contributed by atoms with Gasteiger partial charge in [0, 0.05) is 27.1 Å². The number of hydrogen-bond donors (Lipinski definition) is 0. The minimum absolute atomic E-state index is 0.296. The molecule has 4 aromatic rings. The molecule has 0 saturated heterocycles. The Morgan fingerprint density at radius 2 is 1.53 bits per heavy atom. The summed E-state index contributed by atoms with van der Waals surface area (Å²) in [4.78, 5) is 23.9. The summed E-state index contributed by atoms with van der Waals surface area (Å²) in [5.41, 5.74) is 1.64. The van der Waals surface area contributed by atoms with Crippen LogP contribution in [0.3, 0.4) is 0 Å². The van der Waals surface area contributed by atoms with Gasteiger partial charge in [0.25, 0.3) is 0 Å². The van der Waals surface area contributed by atoms with Crippen LogP contribution in [0, 0.1) is 0 Å². The minimum Gasteiger partial charge on any atom is -0.493 e. The summed E-state index contributed by atoms with van der Waals surface area (Å²) in [6.45, 7) is 0. The second-order valence-corrected chi connectivity index (χ2v) is 9.11. The van der Waals surface area contributed by atoms with Gasteiger partial charge in [-0.1, -0.05) is 16.8 Å². The summed E-state index contributed by atoms with van der Waals surface area (Å²) in [6, 6.07) is 15.8. The van der Waals surface area contributed by atoms with Gasteiger partial charge in [0.05, 0.1) is 34.0 Å². The first-order valence-corrected chi connectivity index (χ1v) is 12.9. The van der Waals surface area contributed by atoms with Crippen molar-refractivity contribution in [1.29, 1.82) is 0 Å². The molecule has 0 saturated carbocycles. The molecule has 0 aliphatic rings. The highest BCUT2D eigenvalue weighted by atomic mass is 35.5. The number of halogens is 1. The van der Waals surface area contributed by atoms with Crippen LogP contribution in [-0.4, -0.2) is 51.4 Å². The van der Waals surface area contributed by atoms with Crippen molar-refractivity contribution in [2.45, 2.75) is 4.90 Å². The smallest absolute Gasteiger partial charge is 0.366 e. The number of ether oxygens (including phenoxy) is 4. The molecule has 4 rings (SSSR count). The maximum Gasteiger partial charge on any atom is 0.366 e. The van der Waals surface area contributed by atoms with Crippen molar-refractivity contribution < 1.29 is 28.6 Å². The Bertz CT molecular complexity index is 1530. The number of thioether (sulfide) groups is 1. The Morgan fingerprint density at radius 3 is 2.21 bits per heavy atom. The molecule has 0 spiro atoms. The first kappa shape index (κ1) is 27.1. The lowest BCUT2D eigenvalue weighted by atomic mass is 10.0. The number of carbonyl (C=O) groups excluding carboxylic acids is 1. The molecule has 0 bridgehead atoms. The van der Waals surface area contributed by atoms with E-state index in [0.717, 1.165) is 5.39 Å². The van der Waals surface area contributed by atoms with Gasteiger partial charge in [-0.05, 0) is 66.2 Å². The zero-order chi connectivity index (χ0) is 27.2. The van der Waals surface area contributed by atoms with Crippen LogP contribution in [0.25, 0.3) is 10.8 Å². The summed E-state index contributed by atoms with van der Waals surface area (Å²) in [5.74, 6) is 1.44. The number of benzene rings is 3. The van der Waals surface area contributed by atoms with Crippen LogP contribution >= 0.6 is 23.4 Å². The quantitative estimate of drug-likeness (QED) is 0.104. The third-order valence-corrected chi connectivity index (χ3v) is 6.78. The van der Waals surface area contributed by atoms with Gasteiger partial charge in [0.2, 0.25) is 0 Å². The normalized spacial score (nSPS) is 11.3. The van der Waals surface area contributed by atoms with Crippen LogP contribution in [0.15, 0.2) is 70.8 Å². The van der Waals surface area contributed by atoms with Crippen molar-refractivity contribution in [3.05, 3.63) is 82.6 Å². The standard InChI is InChI=1S/C28H25ClN2O6S/c1-33-21-8-6-17(13-22(21)34-2)26(31-37-28(32)20-14-18(29)7-9-25(20)38-5)27-19-15-24(36-4)23(35-3)12-16(19)10-11-30-27/h6-15H,1-5H3/b31-26-. The van der Waals surface area contributed by atoms with E-state index in [1.54, 1.807) is 70.0 Å². The van der Waals surface area contributed by atoms with Gasteiger partial charge in [-0.2, -0.15) is 0 Å². The number of oxime groups is 1. The number of pyridine rings is 1. The molecule has 1 aromatic heterocycles. The zero-order valence-electron chi connectivity index (χ0n) is 21.4. The van der Waals surface area contributed by atoms with E-state index in [9.17, 15) is 4.79 Å². The van der Waals surface area contributed by atoms with E-state index in [1.165, 1.54) is 18.9 Å². The van der Waals surface area contributed by atoms with E-state index < -0.39 is 5.97 Å². The molecule has 196 valence electrons. The highest BCUT2D eigenvalue weighted by Gasteiger charge is 2.20. The highest BCUT2D eigenvalue weighted by Crippen LogP contribution is 2.35. The lowest BCUT2D eigenvalue weighted by Gasteiger charge is -2.14. The van der Waals surface area contributed by atoms with Crippen molar-refractivity contribution in [1.82, 2.24) is 4.98 Å². The number of hydrogen-bond acceptors (Lipinski definition) is 9. The van der Waals surface area contributed by atoms with Crippen molar-refractivity contribution in [3.63, 3.8) is 0 Å². The third kappa shape index (κ3) is 5.49. The summed E-state index contributed by atoms with van der Waals surface area (Å²) in [5, 5.41) is 6.26. The minimum atomic E-state index is -0.658. The zero-order valence-corrected chi connectivity index (χ0v) is 23.0. The van der Waals surface area contributed by atoms with Crippen LogP contribution in [-0.2, 0) is 4.84 Å². The van der Waals surface area contributed by atoms with Crippen LogP contribution in [0.5, 0.6) is 23.0 Å². The first-order valence-electron chi connectivity index (χ1n) is 11.3. The van der Waals surface area contributed by atoms with E-state index in [-0.39, 0.29) is 0 Å². The lowest BCUT2D eigenvalue weighted by Crippen LogP contribution is -2.11. The second-order valence-electron chi connectivity index (χ2n) is 7.82. The number of aromatic nitrogens is 1. The molecular weight excluding hydrogens is 528 g/mol. The number of methoxy groups -OCH3 is 4. The van der Waals surface area contributed by atoms with Crippen LogP contribution in [0.2, 0.25) is 5.02 Å². The van der Waals surface area contributed by atoms with Gasteiger partial charge in [-0.3, -0.25) is 4.98 Å². The predicted molar refractivity (Wildman–Crippen MR) is 149 cm³/mol. The van der Waals surface area contributed by atoms with Gasteiger partial charge in [-0.15, -0.1) is 11.8 Å². The third-order valence-electron chi connectivity index (χ3n) is 5.75. The molecular formula is C28H25ClN2O6S. The van der Waals surface area contributed by atoms with Gasteiger partial charge in [0.1, 0.15) is 11.4 Å². The van der Waals surface area contributed by atoms with Crippen LogP contribution < -0.4 is 18.9 Å². The number of carbonyl (C=O) groups is 1. The number of nitrogens with zero attached hydrogens (tertiary/aromatic N) is 2. The van der Waals surface area contributed by atoms with Gasteiger partial charge in [-0.25, -0.2) is 4.79 Å². The van der Waals surface area contributed by atoms with Crippen molar-refractivity contribution >= 4 is 45.8 Å². The molecule has 0 aliphatic heterocycles. The predicted octanol–water partition coefficient (Wildman–Crippen LogP) is 6.25. The highest BCUT2D eigenvalue weighted by molar-refractivity contribution is 7.98. The number of rotatable bonds is 9. The van der Waals surface area contributed by atoms with Crippen molar-refractivity contribution in [3.8, 4) is 23.0 Å². The molecule has 38 heavy (non-hydrogen) atoms. The Balaban J connectivity index is 1.90. The fraction of sp³-hybridized carbons (Fsp3) is 0.179. The summed E-state index contributed by atoms with van der Waals surface area (Å²) >= 11 is 7.54. The molecule has 10 heteroatoms. The van der Waals surface area contributed by atoms with Gasteiger partial charge < -0.3 is 23.8 Å². The van der Waals surface area contributed by atoms with Crippen molar-refractivity contribution in [2.75, 3.05) is 34.7 Å². The molecule has 0 atom stereocenters. The molecule has 0 unspecified atom stereocenters. The average Bonchev–Trinajstić information content (AvgIpc) is 2.96. The van der Waals surface area contributed by atoms with E-state index in [4.69, 9.17) is 35.4 Å². The Labute approximate surface area is 229 Å². The molecule has 0 N–H and O–H groups in total. The maximum atomic E-state index is 13.1. The Hall–Kier alpha value is -3.95. The van der Waals surface area contributed by atoms with Crippen LogP contribution in [0.4, 0.5) is 0 Å². The van der Waals surface area contributed by atoms with Crippen LogP contribution in [0.1, 0.15) is 21.6 Å². The van der Waals surface area contributed by atoms with Crippen molar-refractivity contribution in [2.24, 2.45) is 5.16 Å². The molecule has 0 amide bonds. The Kier molecular flexibility index (Phi) is 8.60. The van der Waals surface area contributed by atoms with Gasteiger partial charge in [0.15, 0.2) is 23.0 Å². The molecule has 3 aromatic carbocycles. The lowest BCUT2D eigenvalue weighted by molar-refractivity contribution is 0.0513. The topological polar surface area (TPSA) is 88.5 Å². The molecule has 0 radical (unpaired) electrons. The molecule has 0 fully saturated rings. The Morgan fingerprint density at radius 1 is 0.842 bits per heavy atom. The maximum absolute atomic E-state index is 13.1. The average molecular weight is 553 g/mol. The SMILES string of the molecule is COc1ccc(/C(=N/OC(=O)c2cc(Cl)ccc2SC)c2nccc3cc(OC)c(OC)cc23)cc1OC. The van der Waals surface area contributed by atoms with E-state index in [1.807, 2.05) is 18.4 Å². The summed E-state index contributed by atoms with van der Waals surface area (Å²) < 4.78 is 21.8. The van der Waals surface area contributed by atoms with Gasteiger partial charge >= 0.3 is 5.97 Å². The first-order chi connectivity index (χ1) is 18.4. The van der Waals surface area contributed by atoms with E-state index in [2.05, 4.69) is 10.1 Å². The fourth-order valence-corrected chi connectivity index (χ4v) is 4.62. The molecule has 0 aliphatic carbocycles. The molecule has 1 heterocycles. The summed E-state index contributed by atoms with van der Waals surface area (Å²) in [6.07, 6.45) is 3.50. The molecule has 8 nitrogen and oxygen atoms in total. The van der Waals surface area contributed by atoms with E-state index in [0.29, 0.717) is 60.8 Å². The largest absolute Gasteiger partial charge is 0.493 e. The van der Waals surface area contributed by atoms with E-state index >= 15 is 0 Å². The fourth-order valence-electron chi connectivity index (χ4n) is 3.88. The monoisotopic (exact) mass is 552 g/mol. The number of fused-ring (bicyclic) bond motifs is 1.